The standard InChI is InChI=1S/C8H13NS.W/c1-5-7(3)8(10-4)9-6-2;/h5H,1-4H3;. The number of hydrogen-bond acceptors (Lipinski definition) is 2. The van der Waals surface area contributed by atoms with Gasteiger partial charge in [-0.2, -0.15) is 0 Å². The second-order valence-corrected chi connectivity index (χ2v) is 5.03. The molecule has 0 aliphatic rings. The van der Waals surface area contributed by atoms with Gasteiger partial charge in [0.15, 0.2) is 0 Å². The molecule has 0 rings (SSSR count). The van der Waals surface area contributed by atoms with Crippen molar-refractivity contribution in [3.8, 4) is 0 Å². The van der Waals surface area contributed by atoms with Gasteiger partial charge < -0.3 is 0 Å². The number of allylic oxidation sites excluding steroid dienone is 1. The Bertz CT molecular complexity index is 206. The number of rotatable bonds is 2. The van der Waals surface area contributed by atoms with E-state index in [1.807, 2.05) is 6.92 Å². The van der Waals surface area contributed by atoms with Crippen molar-refractivity contribution in [1.82, 2.24) is 0 Å². The summed E-state index contributed by atoms with van der Waals surface area (Å²) >= 11 is 3.15. The van der Waals surface area contributed by atoms with E-state index >= 15 is 0 Å². The fourth-order valence-corrected chi connectivity index (χ4v) is 1.79. The third-order valence-electron chi connectivity index (χ3n) is 1.22. The average molecular weight is 339 g/mol. The summed E-state index contributed by atoms with van der Waals surface area (Å²) in [6.07, 6.45) is 4.15. The number of aliphatic imine (C=N–C) groups is 1. The minimum absolute atomic E-state index is 1.14. The molecule has 0 amide bonds. The van der Waals surface area contributed by atoms with Crippen LogP contribution in [0.2, 0.25) is 0 Å². The molecule has 0 spiro atoms. The summed E-state index contributed by atoms with van der Waals surface area (Å²) in [5.41, 5.74) is 1.26. The molecule has 0 bridgehead atoms. The molecule has 0 unspecified atom stereocenters. The summed E-state index contributed by atoms with van der Waals surface area (Å²) in [7, 11) is 0. The first kappa shape index (κ1) is 11.3. The van der Waals surface area contributed by atoms with Gasteiger partial charge in [0.1, 0.15) is 0 Å². The molecule has 0 fully saturated rings. The molecule has 0 aliphatic carbocycles. The Morgan fingerprint density at radius 2 is 2.00 bits per heavy atom. The third-order valence-corrected chi connectivity index (χ3v) is 2.35. The molecule has 0 N–H and O–H groups in total. The Labute approximate surface area is 83.8 Å². The molecule has 62 valence electrons. The molecular formula is C8H13NSW. The van der Waals surface area contributed by atoms with Crippen LogP contribution in [0.1, 0.15) is 20.8 Å². The number of thioether (sulfide) groups is 1. The molecule has 0 aromatic rings. The van der Waals surface area contributed by atoms with E-state index in [-0.39, 0.29) is 0 Å². The van der Waals surface area contributed by atoms with Crippen LogP contribution in [0.4, 0.5) is 0 Å². The first-order chi connectivity index (χ1) is 5.11. The van der Waals surface area contributed by atoms with Crippen LogP contribution >= 0.6 is 11.8 Å². The molecule has 0 heterocycles. The maximum atomic E-state index is 4.43. The molecule has 0 saturated carbocycles. The molecule has 11 heavy (non-hydrogen) atoms. The maximum absolute atomic E-state index is 4.43. The van der Waals surface area contributed by atoms with Crippen molar-refractivity contribution in [3.05, 3.63) is 11.6 Å². The summed E-state index contributed by atoms with van der Waals surface area (Å²) in [4.78, 5) is 4.43. The summed E-state index contributed by atoms with van der Waals surface area (Å²) < 4.78 is 1.19. The second-order valence-electron chi connectivity index (χ2n) is 2.11. The van der Waals surface area contributed by atoms with Crippen molar-refractivity contribution in [3.63, 3.8) is 0 Å². The van der Waals surface area contributed by atoms with Crippen molar-refractivity contribution in [2.24, 2.45) is 4.99 Å². The van der Waals surface area contributed by atoms with E-state index in [0.717, 1.165) is 5.04 Å². The van der Waals surface area contributed by atoms with Crippen LogP contribution in [0.15, 0.2) is 16.6 Å². The Morgan fingerprint density at radius 3 is 2.27 bits per heavy atom. The van der Waals surface area contributed by atoms with E-state index in [1.165, 1.54) is 28.9 Å². The van der Waals surface area contributed by atoms with Gasteiger partial charge in [-0.1, -0.05) is 0 Å². The van der Waals surface area contributed by atoms with Crippen molar-refractivity contribution in [1.29, 1.82) is 0 Å². The molecule has 1 nitrogen and oxygen atoms in total. The summed E-state index contributed by atoms with van der Waals surface area (Å²) in [6, 6.07) is 0. The van der Waals surface area contributed by atoms with Crippen LogP contribution < -0.4 is 0 Å². The number of hydrogen-bond donors (Lipinski definition) is 0. The molecule has 0 atom stereocenters. The Hall–Kier alpha value is 0.318. The van der Waals surface area contributed by atoms with Crippen LogP contribution in [-0.2, 0) is 19.4 Å². The van der Waals surface area contributed by atoms with Crippen LogP contribution in [0.5, 0.6) is 0 Å². The first-order valence-corrected chi connectivity index (χ1v) is 6.07. The van der Waals surface area contributed by atoms with Crippen molar-refractivity contribution >= 4 is 20.8 Å². The molecule has 0 saturated heterocycles. The zero-order valence-electron chi connectivity index (χ0n) is 7.34. The summed E-state index contributed by atoms with van der Waals surface area (Å²) in [5, 5.41) is 1.14. The monoisotopic (exact) mass is 339 g/mol. The van der Waals surface area contributed by atoms with E-state index < -0.39 is 0 Å². The minimum atomic E-state index is 1.14. The van der Waals surface area contributed by atoms with Crippen LogP contribution in [0.25, 0.3) is 0 Å². The molecule has 0 radical (unpaired) electrons. The van der Waals surface area contributed by atoms with Gasteiger partial charge in [0.05, 0.1) is 0 Å². The van der Waals surface area contributed by atoms with Gasteiger partial charge >= 0.3 is 83.8 Å². The van der Waals surface area contributed by atoms with Crippen molar-refractivity contribution < 1.29 is 19.4 Å². The molecule has 0 aliphatic heterocycles. The zero-order chi connectivity index (χ0) is 8.85. The van der Waals surface area contributed by atoms with Gasteiger partial charge in [0, 0.05) is 0 Å². The Balaban J connectivity index is 4.53. The van der Waals surface area contributed by atoms with E-state index in [1.54, 1.807) is 11.8 Å². The van der Waals surface area contributed by atoms with Gasteiger partial charge in [0.25, 0.3) is 0 Å². The fourth-order valence-electron chi connectivity index (χ4n) is 0.561. The summed E-state index contributed by atoms with van der Waals surface area (Å²) in [6.45, 7) is 6.18. The van der Waals surface area contributed by atoms with E-state index in [2.05, 4.69) is 31.2 Å². The predicted octanol–water partition coefficient (Wildman–Crippen LogP) is 2.41. The van der Waals surface area contributed by atoms with Gasteiger partial charge in [0.2, 0.25) is 0 Å². The SMILES string of the molecule is CC=C(C)C(=N[C](C)=[W])SC. The third kappa shape index (κ3) is 4.71. The van der Waals surface area contributed by atoms with Gasteiger partial charge in [-0.05, 0) is 0 Å². The van der Waals surface area contributed by atoms with E-state index in [9.17, 15) is 0 Å². The van der Waals surface area contributed by atoms with Crippen molar-refractivity contribution in [2.45, 2.75) is 20.8 Å². The Morgan fingerprint density at radius 1 is 1.45 bits per heavy atom. The topological polar surface area (TPSA) is 12.4 Å². The second kappa shape index (κ2) is 5.90. The van der Waals surface area contributed by atoms with Gasteiger partial charge in [-0.15, -0.1) is 0 Å². The van der Waals surface area contributed by atoms with Crippen LogP contribution in [0, 0.1) is 0 Å². The van der Waals surface area contributed by atoms with Crippen LogP contribution in [0.3, 0.4) is 0 Å². The Kier molecular flexibility index (Phi) is 6.08. The molecule has 0 aromatic carbocycles. The van der Waals surface area contributed by atoms with E-state index in [4.69, 9.17) is 0 Å². The fraction of sp³-hybridized carbons (Fsp3) is 0.500. The summed E-state index contributed by atoms with van der Waals surface area (Å²) in [5.74, 6) is 0. The molecular weight excluding hydrogens is 326 g/mol. The van der Waals surface area contributed by atoms with Crippen molar-refractivity contribution in [2.75, 3.05) is 6.26 Å². The van der Waals surface area contributed by atoms with Gasteiger partial charge in [-0.3, -0.25) is 0 Å². The molecule has 3 heteroatoms. The number of nitrogens with zero attached hydrogens (tertiary/aromatic N) is 1. The van der Waals surface area contributed by atoms with Gasteiger partial charge in [-0.25, -0.2) is 0 Å². The molecule has 0 aromatic heterocycles. The van der Waals surface area contributed by atoms with Crippen LogP contribution in [-0.4, -0.2) is 15.3 Å². The normalized spacial score (nSPS) is 13.5. The quantitative estimate of drug-likeness (QED) is 0.556. The van der Waals surface area contributed by atoms with E-state index in [0.29, 0.717) is 0 Å². The average Bonchev–Trinajstić information content (AvgIpc) is 1.98. The zero-order valence-corrected chi connectivity index (χ0v) is 11.1. The first-order valence-electron chi connectivity index (χ1n) is 3.38. The predicted molar refractivity (Wildman–Crippen MR) is 51.1 cm³/mol.